The van der Waals surface area contributed by atoms with Crippen LogP contribution in [-0.4, -0.2) is 45.5 Å². The predicted octanol–water partition coefficient (Wildman–Crippen LogP) is 3.55. The molecule has 9 heteroatoms. The van der Waals surface area contributed by atoms with Crippen molar-refractivity contribution in [3.05, 3.63) is 39.8 Å². The molecule has 156 valence electrons. The lowest BCUT2D eigenvalue weighted by Gasteiger charge is -2.07. The number of nitrogens with one attached hydrogen (secondary N) is 1. The van der Waals surface area contributed by atoms with Crippen molar-refractivity contribution in [2.75, 3.05) is 32.8 Å². The molecule has 1 amide bonds. The first kappa shape index (κ1) is 22.2. The van der Waals surface area contributed by atoms with Crippen molar-refractivity contribution in [1.29, 1.82) is 0 Å². The molecule has 1 aromatic heterocycles. The summed E-state index contributed by atoms with van der Waals surface area (Å²) in [6.45, 7) is 5.38. The van der Waals surface area contributed by atoms with Crippen molar-refractivity contribution in [2.24, 2.45) is 5.16 Å². The van der Waals surface area contributed by atoms with Crippen LogP contribution >= 0.6 is 11.3 Å². The summed E-state index contributed by atoms with van der Waals surface area (Å²) in [6.07, 6.45) is 1.46. The molecular weight excluding hydrogens is 396 g/mol. The summed E-state index contributed by atoms with van der Waals surface area (Å²) in [4.78, 5) is 30.3. The summed E-state index contributed by atoms with van der Waals surface area (Å²) in [5.74, 6) is 0.270. The molecule has 2 aromatic rings. The molecular formula is C20H24N2O6S. The molecule has 0 radical (unpaired) electrons. The van der Waals surface area contributed by atoms with E-state index in [4.69, 9.17) is 19.0 Å². The van der Waals surface area contributed by atoms with Gasteiger partial charge in [0, 0.05) is 10.4 Å². The topological polar surface area (TPSA) is 95.5 Å². The minimum absolute atomic E-state index is 0.258. The average Bonchev–Trinajstić information content (AvgIpc) is 2.98. The number of hydrogen-bond donors (Lipinski definition) is 1. The van der Waals surface area contributed by atoms with Crippen LogP contribution in [0, 0.1) is 13.8 Å². The van der Waals surface area contributed by atoms with Crippen molar-refractivity contribution in [3.8, 4) is 11.5 Å². The van der Waals surface area contributed by atoms with Crippen molar-refractivity contribution >= 4 is 34.4 Å². The van der Waals surface area contributed by atoms with Crippen LogP contribution in [0.3, 0.4) is 0 Å². The van der Waals surface area contributed by atoms with Crippen LogP contribution in [0.25, 0.3) is 0 Å². The fourth-order valence-electron chi connectivity index (χ4n) is 2.45. The van der Waals surface area contributed by atoms with Gasteiger partial charge in [0.15, 0.2) is 18.1 Å². The van der Waals surface area contributed by atoms with Gasteiger partial charge in [-0.05, 0) is 44.5 Å². The lowest BCUT2D eigenvalue weighted by molar-refractivity contribution is -0.120. The highest BCUT2D eigenvalue weighted by atomic mass is 32.1. The van der Waals surface area contributed by atoms with Gasteiger partial charge in [-0.1, -0.05) is 5.16 Å². The van der Waals surface area contributed by atoms with Gasteiger partial charge in [0.2, 0.25) is 0 Å². The Morgan fingerprint density at radius 3 is 2.55 bits per heavy atom. The number of anilines is 1. The van der Waals surface area contributed by atoms with Crippen LogP contribution < -0.4 is 14.8 Å². The maximum Gasteiger partial charge on any atom is 0.341 e. The van der Waals surface area contributed by atoms with E-state index >= 15 is 0 Å². The third-order valence-electron chi connectivity index (χ3n) is 4.00. The first-order valence-electron chi connectivity index (χ1n) is 8.85. The van der Waals surface area contributed by atoms with E-state index in [0.717, 1.165) is 16.0 Å². The van der Waals surface area contributed by atoms with Crippen molar-refractivity contribution in [3.63, 3.8) is 0 Å². The maximum atomic E-state index is 12.2. The van der Waals surface area contributed by atoms with Gasteiger partial charge in [-0.2, -0.15) is 0 Å². The molecule has 0 saturated heterocycles. The second kappa shape index (κ2) is 10.5. The van der Waals surface area contributed by atoms with E-state index in [9.17, 15) is 9.59 Å². The van der Waals surface area contributed by atoms with Gasteiger partial charge >= 0.3 is 5.97 Å². The number of rotatable bonds is 9. The van der Waals surface area contributed by atoms with Crippen LogP contribution in [0.2, 0.25) is 0 Å². The number of carbonyl (C=O) groups is 2. The molecule has 0 unspecified atom stereocenters. The van der Waals surface area contributed by atoms with Gasteiger partial charge in [-0.3, -0.25) is 4.79 Å². The Labute approximate surface area is 173 Å². The molecule has 0 bridgehead atoms. The van der Waals surface area contributed by atoms with Gasteiger partial charge < -0.3 is 24.4 Å². The van der Waals surface area contributed by atoms with Crippen LogP contribution in [0.15, 0.2) is 23.4 Å². The minimum atomic E-state index is -0.461. The number of oxime groups is 1. The lowest BCUT2D eigenvalue weighted by atomic mass is 10.1. The number of thiophene rings is 1. The maximum absolute atomic E-state index is 12.2. The molecule has 0 fully saturated rings. The first-order chi connectivity index (χ1) is 13.9. The highest BCUT2D eigenvalue weighted by Crippen LogP contribution is 2.33. The van der Waals surface area contributed by atoms with E-state index in [2.05, 4.69) is 10.5 Å². The number of aryl methyl sites for hydroxylation is 1. The molecule has 0 aliphatic carbocycles. The number of benzene rings is 1. The molecule has 0 saturated carbocycles. The zero-order chi connectivity index (χ0) is 21.4. The van der Waals surface area contributed by atoms with Gasteiger partial charge in [-0.15, -0.1) is 11.3 Å². The van der Waals surface area contributed by atoms with Crippen molar-refractivity contribution < 1.29 is 28.6 Å². The molecule has 29 heavy (non-hydrogen) atoms. The van der Waals surface area contributed by atoms with E-state index in [-0.39, 0.29) is 13.2 Å². The molecule has 1 heterocycles. The summed E-state index contributed by atoms with van der Waals surface area (Å²) in [6, 6.07) is 5.25. The molecule has 0 aliphatic heterocycles. The summed E-state index contributed by atoms with van der Waals surface area (Å²) in [7, 11) is 3.09. The fraction of sp³-hybridized carbons (Fsp3) is 0.350. The SMILES string of the molecule is CCOC(=O)c1c(NC(=O)CO/N=C\c2ccc(OC)c(OC)c2)sc(C)c1C. The Kier molecular flexibility index (Phi) is 8.02. The quantitative estimate of drug-likeness (QED) is 0.379. The molecule has 0 aliphatic rings. The summed E-state index contributed by atoms with van der Waals surface area (Å²) >= 11 is 1.31. The van der Waals surface area contributed by atoms with Crippen LogP contribution in [0.1, 0.15) is 33.3 Å². The highest BCUT2D eigenvalue weighted by molar-refractivity contribution is 7.16. The second-order valence-electron chi connectivity index (χ2n) is 5.88. The number of ether oxygens (including phenoxy) is 3. The number of methoxy groups -OCH3 is 2. The third-order valence-corrected chi connectivity index (χ3v) is 5.12. The van der Waals surface area contributed by atoms with Gasteiger partial charge in [0.05, 0.1) is 32.6 Å². The van der Waals surface area contributed by atoms with E-state index < -0.39 is 11.9 Å². The van der Waals surface area contributed by atoms with E-state index in [1.54, 1.807) is 32.2 Å². The number of esters is 1. The Hall–Kier alpha value is -3.07. The third kappa shape index (κ3) is 5.71. The number of hydrogen-bond acceptors (Lipinski definition) is 8. The molecule has 2 rings (SSSR count). The molecule has 8 nitrogen and oxygen atoms in total. The minimum Gasteiger partial charge on any atom is -0.493 e. The Bertz CT molecular complexity index is 907. The molecule has 1 aromatic carbocycles. The summed E-state index contributed by atoms with van der Waals surface area (Å²) in [5, 5.41) is 6.92. The van der Waals surface area contributed by atoms with Gasteiger partial charge in [0.25, 0.3) is 5.91 Å². The van der Waals surface area contributed by atoms with Crippen molar-refractivity contribution in [1.82, 2.24) is 0 Å². The molecule has 0 atom stereocenters. The molecule has 0 spiro atoms. The summed E-state index contributed by atoms with van der Waals surface area (Å²) < 4.78 is 15.5. The lowest BCUT2D eigenvalue weighted by Crippen LogP contribution is -2.18. The van der Waals surface area contributed by atoms with Gasteiger partial charge in [0.1, 0.15) is 5.00 Å². The van der Waals surface area contributed by atoms with Crippen molar-refractivity contribution in [2.45, 2.75) is 20.8 Å². The molecule has 1 N–H and O–H groups in total. The Morgan fingerprint density at radius 2 is 1.90 bits per heavy atom. The number of nitrogens with zero attached hydrogens (tertiary/aromatic N) is 1. The van der Waals surface area contributed by atoms with E-state index in [1.807, 2.05) is 13.8 Å². The van der Waals surface area contributed by atoms with Crippen LogP contribution in [-0.2, 0) is 14.4 Å². The standard InChI is InChI=1S/C20H24N2O6S/c1-6-27-20(24)18-12(2)13(3)29-19(18)22-17(23)11-28-21-10-14-7-8-15(25-4)16(9-14)26-5/h7-10H,6,11H2,1-5H3,(H,22,23)/b21-10-. The summed E-state index contributed by atoms with van der Waals surface area (Å²) in [5.41, 5.74) is 1.88. The van der Waals surface area contributed by atoms with E-state index in [1.165, 1.54) is 24.7 Å². The average molecular weight is 420 g/mol. The fourth-order valence-corrected chi connectivity index (χ4v) is 3.52. The monoisotopic (exact) mass is 420 g/mol. The Morgan fingerprint density at radius 1 is 1.17 bits per heavy atom. The zero-order valence-corrected chi connectivity index (χ0v) is 17.8. The van der Waals surface area contributed by atoms with Crippen LogP contribution in [0.4, 0.5) is 5.00 Å². The Balaban J connectivity index is 1.96. The highest BCUT2D eigenvalue weighted by Gasteiger charge is 2.22. The van der Waals surface area contributed by atoms with E-state index in [0.29, 0.717) is 22.1 Å². The number of carbonyl (C=O) groups excluding carboxylic acids is 2. The zero-order valence-electron chi connectivity index (χ0n) is 17.0. The van der Waals surface area contributed by atoms with Crippen LogP contribution in [0.5, 0.6) is 11.5 Å². The predicted molar refractivity (Wildman–Crippen MR) is 111 cm³/mol. The second-order valence-corrected chi connectivity index (χ2v) is 7.10. The first-order valence-corrected chi connectivity index (χ1v) is 9.67. The smallest absolute Gasteiger partial charge is 0.341 e. The largest absolute Gasteiger partial charge is 0.493 e. The normalized spacial score (nSPS) is 10.7. The number of amides is 1. The van der Waals surface area contributed by atoms with Gasteiger partial charge in [-0.25, -0.2) is 4.79 Å².